The summed E-state index contributed by atoms with van der Waals surface area (Å²) >= 11 is 0. The van der Waals surface area contributed by atoms with Crippen molar-refractivity contribution in [1.29, 1.82) is 0 Å². The maximum absolute atomic E-state index is 10.9. The molecule has 0 amide bonds. The van der Waals surface area contributed by atoms with Crippen LogP contribution in [0.5, 0.6) is 17.4 Å². The topological polar surface area (TPSA) is 58.0 Å². The molecule has 0 saturated heterocycles. The van der Waals surface area contributed by atoms with Gasteiger partial charge in [0, 0.05) is 54.8 Å². The van der Waals surface area contributed by atoms with Crippen LogP contribution in [0.15, 0.2) is 77.8 Å². The van der Waals surface area contributed by atoms with Gasteiger partial charge in [-0.3, -0.25) is 0 Å². The molecule has 0 bridgehead atoms. The van der Waals surface area contributed by atoms with Crippen LogP contribution in [0.2, 0.25) is 0 Å². The number of aryl methyl sites for hydroxylation is 4. The number of fused-ring (bicyclic) bond motifs is 3. The maximum atomic E-state index is 10.9. The van der Waals surface area contributed by atoms with Gasteiger partial charge in [0.25, 0.3) is 0 Å². The Morgan fingerprint density at radius 1 is 0.800 bits per heavy atom. The second kappa shape index (κ2) is 12.4. The first-order chi connectivity index (χ1) is 23.0. The third kappa shape index (κ3) is 5.86. The number of aliphatic imine (C=N–C) groups is 1. The molecule has 6 heteroatoms. The van der Waals surface area contributed by atoms with E-state index in [4.69, 9.17) is 14.7 Å². The van der Waals surface area contributed by atoms with E-state index < -0.39 is 0 Å². The van der Waals surface area contributed by atoms with Gasteiger partial charge in [0.1, 0.15) is 11.3 Å². The fourth-order valence-corrected chi connectivity index (χ4v) is 8.39. The first kappa shape index (κ1) is 35.9. The van der Waals surface area contributed by atoms with Crippen LogP contribution in [0.1, 0.15) is 93.0 Å². The minimum atomic E-state index is -0.198. The summed E-state index contributed by atoms with van der Waals surface area (Å²) in [4.78, 5) is 12.9. The molecule has 5 aromatic rings. The second-order valence-electron chi connectivity index (χ2n) is 16.5. The SMILES string of the molecule is Cc1cc(Oc2ccc3cc(C(C)(C)C)cc(O)c3n2)[c-]c(C2=N[C@@H]3[C@H](N2c2c(C)cc(C)cc2C)C(C)(C)c2ccccc2C3(C)C)c1.[Pt]. The summed E-state index contributed by atoms with van der Waals surface area (Å²) in [6.45, 7) is 24.5. The summed E-state index contributed by atoms with van der Waals surface area (Å²) in [6, 6.07) is 29.0. The molecule has 0 unspecified atom stereocenters. The van der Waals surface area contributed by atoms with E-state index in [1.165, 1.54) is 33.5 Å². The second-order valence-corrected chi connectivity index (χ2v) is 16.5. The summed E-state index contributed by atoms with van der Waals surface area (Å²) in [5, 5.41) is 11.8. The van der Waals surface area contributed by atoms with E-state index >= 15 is 0 Å². The van der Waals surface area contributed by atoms with Gasteiger partial charge in [0.05, 0.1) is 17.9 Å². The minimum Gasteiger partial charge on any atom is -0.506 e. The Morgan fingerprint density at radius 3 is 2.06 bits per heavy atom. The van der Waals surface area contributed by atoms with E-state index in [0.717, 1.165) is 27.9 Å². The third-order valence-electron chi connectivity index (χ3n) is 10.8. The first-order valence-electron chi connectivity index (χ1n) is 17.4. The number of anilines is 1. The molecule has 2 heterocycles. The number of nitrogens with zero attached hydrogens (tertiary/aromatic N) is 3. The number of ether oxygens (including phenoxy) is 1. The Kier molecular flexibility index (Phi) is 8.87. The molecule has 2 atom stereocenters. The fourth-order valence-electron chi connectivity index (χ4n) is 8.39. The molecule has 4 aromatic carbocycles. The van der Waals surface area contributed by atoms with Crippen LogP contribution in [0.3, 0.4) is 0 Å². The normalized spacial score (nSPS) is 19.0. The van der Waals surface area contributed by atoms with Crippen LogP contribution in [0, 0.1) is 33.8 Å². The maximum Gasteiger partial charge on any atom is 0.217 e. The van der Waals surface area contributed by atoms with Gasteiger partial charge in [-0.05, 0) is 72.2 Å². The van der Waals surface area contributed by atoms with Crippen LogP contribution >= 0.6 is 0 Å². The monoisotopic (exact) mass is 845 g/mol. The molecule has 1 N–H and O–H groups in total. The third-order valence-corrected chi connectivity index (χ3v) is 10.8. The van der Waals surface area contributed by atoms with Gasteiger partial charge in [0.2, 0.25) is 5.88 Å². The Labute approximate surface area is 312 Å². The fraction of sp³-hybridized carbons (Fsp3) is 0.364. The molecular formula is C44H48N3O2Pt-. The Hall–Kier alpha value is -3.95. The average molecular weight is 846 g/mol. The van der Waals surface area contributed by atoms with E-state index in [1.807, 2.05) is 18.2 Å². The number of amidine groups is 1. The Bertz CT molecular complexity index is 2150. The zero-order valence-corrected chi connectivity index (χ0v) is 33.4. The largest absolute Gasteiger partial charge is 0.506 e. The van der Waals surface area contributed by atoms with E-state index in [1.54, 1.807) is 6.07 Å². The molecule has 262 valence electrons. The number of aromatic hydroxyl groups is 1. The summed E-state index contributed by atoms with van der Waals surface area (Å²) in [6.07, 6.45) is 0. The van der Waals surface area contributed by atoms with Crippen molar-refractivity contribution in [2.45, 2.75) is 104 Å². The van der Waals surface area contributed by atoms with Gasteiger partial charge in [-0.1, -0.05) is 109 Å². The van der Waals surface area contributed by atoms with Gasteiger partial charge in [0.15, 0.2) is 0 Å². The first-order valence-corrected chi connectivity index (χ1v) is 17.4. The molecule has 5 nitrogen and oxygen atoms in total. The van der Waals surface area contributed by atoms with E-state index in [9.17, 15) is 5.11 Å². The van der Waals surface area contributed by atoms with Crippen LogP contribution in [0.4, 0.5) is 5.69 Å². The number of phenols is 1. The van der Waals surface area contributed by atoms with Gasteiger partial charge in [-0.25, -0.2) is 4.98 Å². The van der Waals surface area contributed by atoms with Crippen LogP contribution in [-0.2, 0) is 37.3 Å². The average Bonchev–Trinajstić information content (AvgIpc) is 3.42. The molecule has 50 heavy (non-hydrogen) atoms. The number of pyridine rings is 1. The van der Waals surface area contributed by atoms with Crippen LogP contribution in [-0.4, -0.2) is 28.0 Å². The van der Waals surface area contributed by atoms with Crippen molar-refractivity contribution >= 4 is 22.4 Å². The number of rotatable bonds is 4. The van der Waals surface area contributed by atoms with Crippen LogP contribution in [0.25, 0.3) is 10.9 Å². The predicted octanol–water partition coefficient (Wildman–Crippen LogP) is 10.3. The molecule has 2 aliphatic rings. The number of aromatic nitrogens is 1. The summed E-state index contributed by atoms with van der Waals surface area (Å²) in [7, 11) is 0. The standard InChI is InChI=1S/C44H48N3O2.Pt/c1-25-18-27(3)38(28(4)19-25)47-40-39(43(8,9)33-14-12-13-15-34(33)44(40,10)11)46-41(47)30-20-26(2)21-32(23-30)49-36-17-16-29-22-31(42(5,6)7)24-35(48)37(29)45-36;/h12-22,24,39-40,48H,1-11H3;/q-1;/t39-,40+;/m1./s1. The smallest absolute Gasteiger partial charge is 0.217 e. The molecule has 0 fully saturated rings. The van der Waals surface area contributed by atoms with Crippen molar-refractivity contribution in [2.24, 2.45) is 4.99 Å². The van der Waals surface area contributed by atoms with Crippen LogP contribution < -0.4 is 9.64 Å². The molecule has 1 aromatic heterocycles. The van der Waals surface area contributed by atoms with Crippen molar-refractivity contribution in [2.75, 3.05) is 4.90 Å². The number of phenolic OH excluding ortho intramolecular Hbond substituents is 1. The van der Waals surface area contributed by atoms with Crippen molar-refractivity contribution in [3.05, 3.63) is 123 Å². The van der Waals surface area contributed by atoms with Gasteiger partial charge >= 0.3 is 0 Å². The van der Waals surface area contributed by atoms with Crippen molar-refractivity contribution in [3.63, 3.8) is 0 Å². The quantitative estimate of drug-likeness (QED) is 0.183. The van der Waals surface area contributed by atoms with Crippen molar-refractivity contribution in [3.8, 4) is 17.4 Å². The Morgan fingerprint density at radius 2 is 1.42 bits per heavy atom. The van der Waals surface area contributed by atoms with E-state index in [2.05, 4.69) is 136 Å². The molecular weight excluding hydrogens is 798 g/mol. The molecule has 0 spiro atoms. The zero-order chi connectivity index (χ0) is 35.2. The Balaban J connectivity index is 0.00000432. The molecule has 7 rings (SSSR count). The van der Waals surface area contributed by atoms with Gasteiger partial charge in [-0.2, -0.15) is 0 Å². The van der Waals surface area contributed by atoms with E-state index in [0.29, 0.717) is 17.1 Å². The predicted molar refractivity (Wildman–Crippen MR) is 202 cm³/mol. The summed E-state index contributed by atoms with van der Waals surface area (Å²) in [5.41, 5.74) is 10.7. The minimum absolute atomic E-state index is 0. The number of benzene rings is 4. The summed E-state index contributed by atoms with van der Waals surface area (Å²) < 4.78 is 6.42. The number of hydrogen-bond acceptors (Lipinski definition) is 5. The molecule has 1 aliphatic heterocycles. The molecule has 0 radical (unpaired) electrons. The zero-order valence-electron chi connectivity index (χ0n) is 31.1. The molecule has 0 saturated carbocycles. The van der Waals surface area contributed by atoms with Crippen molar-refractivity contribution < 1.29 is 30.9 Å². The summed E-state index contributed by atoms with van der Waals surface area (Å²) in [5.74, 6) is 2.02. The van der Waals surface area contributed by atoms with Gasteiger partial charge < -0.3 is 19.7 Å². The van der Waals surface area contributed by atoms with Gasteiger partial charge in [-0.15, -0.1) is 17.2 Å². The molecule has 1 aliphatic carbocycles. The van der Waals surface area contributed by atoms with E-state index in [-0.39, 0.29) is 55.1 Å². The van der Waals surface area contributed by atoms with Crippen molar-refractivity contribution in [1.82, 2.24) is 4.98 Å². The number of hydrogen-bond donors (Lipinski definition) is 1.